The van der Waals surface area contributed by atoms with Crippen molar-refractivity contribution in [1.82, 2.24) is 0 Å². The zero-order valence-electron chi connectivity index (χ0n) is 7.60. The molecule has 0 aromatic carbocycles. The van der Waals surface area contributed by atoms with Crippen LogP contribution in [0, 0.1) is 13.8 Å². The molecule has 0 saturated heterocycles. The Morgan fingerprint density at radius 3 is 2.58 bits per heavy atom. The van der Waals surface area contributed by atoms with Gasteiger partial charge in [-0.15, -0.1) is 0 Å². The van der Waals surface area contributed by atoms with Crippen LogP contribution in [0.3, 0.4) is 0 Å². The maximum absolute atomic E-state index is 5.58. The van der Waals surface area contributed by atoms with Crippen molar-refractivity contribution in [2.75, 3.05) is 0 Å². The van der Waals surface area contributed by atoms with Gasteiger partial charge in [0.2, 0.25) is 0 Å². The summed E-state index contributed by atoms with van der Waals surface area (Å²) in [7, 11) is 0. The molecule has 2 heterocycles. The summed E-state index contributed by atoms with van der Waals surface area (Å²) in [4.78, 5) is 0. The van der Waals surface area contributed by atoms with Gasteiger partial charge in [-0.3, -0.25) is 0 Å². The highest BCUT2D eigenvalue weighted by atomic mass is 16.4. The molecular weight excluding hydrogens is 152 g/mol. The van der Waals surface area contributed by atoms with E-state index in [1.54, 1.807) is 0 Å². The standard InChI is InChI=1S/C10H12O2/c1-4-8-5-9-10(12-8)6(2)7(3)11-9/h5H,4H2,1-3H3. The first kappa shape index (κ1) is 7.47. The topological polar surface area (TPSA) is 26.3 Å². The number of aryl methyl sites for hydroxylation is 3. The van der Waals surface area contributed by atoms with Gasteiger partial charge < -0.3 is 8.83 Å². The molecule has 0 unspecified atom stereocenters. The molecule has 0 saturated carbocycles. The van der Waals surface area contributed by atoms with Gasteiger partial charge in [-0.05, 0) is 13.8 Å². The zero-order valence-corrected chi connectivity index (χ0v) is 7.60. The van der Waals surface area contributed by atoms with Crippen LogP contribution in [-0.4, -0.2) is 0 Å². The van der Waals surface area contributed by atoms with Gasteiger partial charge in [0.25, 0.3) is 0 Å². The van der Waals surface area contributed by atoms with Crippen molar-refractivity contribution in [3.05, 3.63) is 23.2 Å². The smallest absolute Gasteiger partial charge is 0.175 e. The number of hydrogen-bond donors (Lipinski definition) is 0. The van der Waals surface area contributed by atoms with Crippen LogP contribution in [0.4, 0.5) is 0 Å². The summed E-state index contributed by atoms with van der Waals surface area (Å²) in [6, 6.07) is 1.97. The Kier molecular flexibility index (Phi) is 1.50. The number of hydrogen-bond acceptors (Lipinski definition) is 2. The maximum atomic E-state index is 5.58. The SMILES string of the molecule is CCc1cc2oc(C)c(C)c2o1. The first-order chi connectivity index (χ1) is 5.72. The molecular formula is C10H12O2. The highest BCUT2D eigenvalue weighted by Crippen LogP contribution is 2.27. The fourth-order valence-corrected chi connectivity index (χ4v) is 1.34. The largest absolute Gasteiger partial charge is 0.458 e. The number of furan rings is 2. The Balaban J connectivity index is 2.71. The Morgan fingerprint density at radius 2 is 2.00 bits per heavy atom. The van der Waals surface area contributed by atoms with Gasteiger partial charge in [-0.2, -0.15) is 0 Å². The van der Waals surface area contributed by atoms with Crippen molar-refractivity contribution in [3.63, 3.8) is 0 Å². The van der Waals surface area contributed by atoms with Gasteiger partial charge in [-0.1, -0.05) is 6.92 Å². The summed E-state index contributed by atoms with van der Waals surface area (Å²) in [5.74, 6) is 1.94. The van der Waals surface area contributed by atoms with E-state index in [1.165, 1.54) is 0 Å². The molecule has 2 aromatic heterocycles. The van der Waals surface area contributed by atoms with E-state index in [4.69, 9.17) is 8.83 Å². The number of fused-ring (bicyclic) bond motifs is 1. The van der Waals surface area contributed by atoms with Crippen molar-refractivity contribution < 1.29 is 8.83 Å². The highest BCUT2D eigenvalue weighted by molar-refractivity contribution is 5.76. The minimum absolute atomic E-state index is 0.877. The van der Waals surface area contributed by atoms with Crippen LogP contribution in [0.5, 0.6) is 0 Å². The first-order valence-corrected chi connectivity index (χ1v) is 4.20. The van der Waals surface area contributed by atoms with E-state index in [0.29, 0.717) is 0 Å². The van der Waals surface area contributed by atoms with E-state index in [2.05, 4.69) is 6.92 Å². The van der Waals surface area contributed by atoms with Crippen LogP contribution in [0.25, 0.3) is 11.2 Å². The van der Waals surface area contributed by atoms with Gasteiger partial charge >= 0.3 is 0 Å². The summed E-state index contributed by atoms with van der Waals surface area (Å²) >= 11 is 0. The van der Waals surface area contributed by atoms with Crippen LogP contribution in [0.15, 0.2) is 14.9 Å². The Hall–Kier alpha value is -1.18. The average Bonchev–Trinajstić information content (AvgIpc) is 2.55. The molecule has 0 aliphatic carbocycles. The predicted octanol–water partition coefficient (Wildman–Crippen LogP) is 3.21. The van der Waals surface area contributed by atoms with E-state index < -0.39 is 0 Å². The molecule has 0 bridgehead atoms. The van der Waals surface area contributed by atoms with E-state index in [-0.39, 0.29) is 0 Å². The fraction of sp³-hybridized carbons (Fsp3) is 0.400. The molecule has 2 rings (SSSR count). The lowest BCUT2D eigenvalue weighted by Crippen LogP contribution is -1.72. The highest BCUT2D eigenvalue weighted by Gasteiger charge is 2.11. The monoisotopic (exact) mass is 164 g/mol. The van der Waals surface area contributed by atoms with Gasteiger partial charge in [0, 0.05) is 18.1 Å². The third-order valence-electron chi connectivity index (χ3n) is 2.23. The summed E-state index contributed by atoms with van der Waals surface area (Å²) in [5, 5.41) is 0. The van der Waals surface area contributed by atoms with Gasteiger partial charge in [0.1, 0.15) is 11.5 Å². The molecule has 0 aliphatic heterocycles. The van der Waals surface area contributed by atoms with Crippen LogP contribution in [0.2, 0.25) is 0 Å². The van der Waals surface area contributed by atoms with Crippen LogP contribution in [0.1, 0.15) is 24.0 Å². The van der Waals surface area contributed by atoms with Crippen molar-refractivity contribution in [2.24, 2.45) is 0 Å². The Morgan fingerprint density at radius 1 is 1.25 bits per heavy atom. The summed E-state index contributed by atoms with van der Waals surface area (Å²) in [5.41, 5.74) is 2.90. The molecule has 0 spiro atoms. The molecule has 64 valence electrons. The van der Waals surface area contributed by atoms with Crippen molar-refractivity contribution in [2.45, 2.75) is 27.2 Å². The Labute approximate surface area is 71.2 Å². The predicted molar refractivity (Wildman–Crippen MR) is 47.3 cm³/mol. The molecule has 2 nitrogen and oxygen atoms in total. The fourth-order valence-electron chi connectivity index (χ4n) is 1.34. The van der Waals surface area contributed by atoms with Crippen LogP contribution < -0.4 is 0 Å². The molecule has 2 heteroatoms. The normalized spacial score (nSPS) is 11.2. The third-order valence-corrected chi connectivity index (χ3v) is 2.23. The average molecular weight is 164 g/mol. The van der Waals surface area contributed by atoms with E-state index in [1.807, 2.05) is 19.9 Å². The van der Waals surface area contributed by atoms with Crippen LogP contribution >= 0.6 is 0 Å². The second-order valence-electron chi connectivity index (χ2n) is 3.04. The molecule has 0 amide bonds. The van der Waals surface area contributed by atoms with Crippen molar-refractivity contribution >= 4 is 11.2 Å². The van der Waals surface area contributed by atoms with E-state index in [9.17, 15) is 0 Å². The lowest BCUT2D eigenvalue weighted by atomic mass is 10.3. The second-order valence-corrected chi connectivity index (χ2v) is 3.04. The molecule has 0 radical (unpaired) electrons. The van der Waals surface area contributed by atoms with Gasteiger partial charge in [0.15, 0.2) is 11.2 Å². The van der Waals surface area contributed by atoms with Gasteiger partial charge in [0.05, 0.1) is 0 Å². The number of rotatable bonds is 1. The van der Waals surface area contributed by atoms with Crippen LogP contribution in [-0.2, 0) is 6.42 Å². The Bertz CT molecular complexity index is 407. The summed E-state index contributed by atoms with van der Waals surface area (Å²) < 4.78 is 11.1. The second kappa shape index (κ2) is 2.41. The lowest BCUT2D eigenvalue weighted by Gasteiger charge is -1.87. The maximum Gasteiger partial charge on any atom is 0.175 e. The third kappa shape index (κ3) is 0.876. The molecule has 0 aliphatic rings. The molecule has 12 heavy (non-hydrogen) atoms. The molecule has 0 N–H and O–H groups in total. The molecule has 2 aromatic rings. The summed E-state index contributed by atoms with van der Waals surface area (Å²) in [6.07, 6.45) is 0.919. The summed E-state index contributed by atoms with van der Waals surface area (Å²) in [6.45, 7) is 6.04. The first-order valence-electron chi connectivity index (χ1n) is 4.20. The van der Waals surface area contributed by atoms with E-state index in [0.717, 1.165) is 34.7 Å². The zero-order chi connectivity index (χ0) is 8.72. The lowest BCUT2D eigenvalue weighted by molar-refractivity contribution is 0.555. The van der Waals surface area contributed by atoms with Crippen molar-refractivity contribution in [3.8, 4) is 0 Å². The van der Waals surface area contributed by atoms with Crippen molar-refractivity contribution in [1.29, 1.82) is 0 Å². The minimum atomic E-state index is 0.877. The quantitative estimate of drug-likeness (QED) is 0.646. The van der Waals surface area contributed by atoms with E-state index >= 15 is 0 Å². The minimum Gasteiger partial charge on any atom is -0.458 e. The molecule has 0 atom stereocenters. The molecule has 0 fully saturated rings. The van der Waals surface area contributed by atoms with Gasteiger partial charge in [-0.25, -0.2) is 0 Å².